The number of hydrogen-bond donors (Lipinski definition) is 1. The van der Waals surface area contributed by atoms with Gasteiger partial charge in [0.25, 0.3) is 0 Å². The summed E-state index contributed by atoms with van der Waals surface area (Å²) in [6.45, 7) is 2.24. The molecule has 2 aromatic heterocycles. The van der Waals surface area contributed by atoms with Crippen LogP contribution < -0.4 is 5.73 Å². The van der Waals surface area contributed by atoms with Crippen molar-refractivity contribution in [3.8, 4) is 0 Å². The van der Waals surface area contributed by atoms with Gasteiger partial charge in [-0.25, -0.2) is 4.79 Å². The van der Waals surface area contributed by atoms with Crippen molar-refractivity contribution in [2.45, 2.75) is 13.3 Å². The Balaban J connectivity index is 1.85. The molecule has 0 atom stereocenters. The second-order valence-electron chi connectivity index (χ2n) is 3.86. The Labute approximate surface area is 109 Å². The maximum Gasteiger partial charge on any atom is 0.348 e. The Morgan fingerprint density at radius 3 is 2.78 bits per heavy atom. The molecule has 0 fully saturated rings. The number of pyridine rings is 1. The first kappa shape index (κ1) is 12.6. The second-order valence-corrected chi connectivity index (χ2v) is 5.12. The van der Waals surface area contributed by atoms with Gasteiger partial charge in [-0.3, -0.25) is 4.98 Å². The minimum absolute atomic E-state index is 0.311. The largest absolute Gasteiger partial charge is 0.461 e. The van der Waals surface area contributed by atoms with Crippen LogP contribution in [0.3, 0.4) is 0 Å². The van der Waals surface area contributed by atoms with Gasteiger partial charge in [-0.05, 0) is 30.7 Å². The van der Waals surface area contributed by atoms with Crippen LogP contribution in [0.4, 0.5) is 5.69 Å². The van der Waals surface area contributed by atoms with Crippen LogP contribution in [0.2, 0.25) is 0 Å². The lowest BCUT2D eigenvalue weighted by Crippen LogP contribution is -2.06. The van der Waals surface area contributed by atoms with Crippen LogP contribution in [0, 0.1) is 6.92 Å². The van der Waals surface area contributed by atoms with Crippen molar-refractivity contribution in [3.05, 3.63) is 45.9 Å². The lowest BCUT2D eigenvalue weighted by molar-refractivity contribution is 0.0515. The van der Waals surface area contributed by atoms with E-state index in [-0.39, 0.29) is 5.97 Å². The van der Waals surface area contributed by atoms with Crippen molar-refractivity contribution in [2.24, 2.45) is 0 Å². The number of anilines is 1. The summed E-state index contributed by atoms with van der Waals surface area (Å²) in [5.74, 6) is -0.311. The minimum Gasteiger partial charge on any atom is -0.461 e. The van der Waals surface area contributed by atoms with Gasteiger partial charge in [0.1, 0.15) is 4.88 Å². The van der Waals surface area contributed by atoms with Gasteiger partial charge in [-0.15, -0.1) is 11.3 Å². The normalized spacial score (nSPS) is 10.3. The number of thiophene rings is 1. The van der Waals surface area contributed by atoms with Crippen LogP contribution in [0.1, 0.15) is 20.1 Å². The molecule has 0 unspecified atom stereocenters. The van der Waals surface area contributed by atoms with E-state index in [1.165, 1.54) is 11.3 Å². The molecule has 94 valence electrons. The molecule has 4 nitrogen and oxygen atoms in total. The summed E-state index contributed by atoms with van der Waals surface area (Å²) >= 11 is 1.36. The molecular formula is C13H14N2O2S. The molecular weight excluding hydrogens is 248 g/mol. The molecule has 0 aliphatic rings. The molecule has 0 aliphatic heterocycles. The summed E-state index contributed by atoms with van der Waals surface area (Å²) in [6.07, 6.45) is 4.13. The molecule has 2 N–H and O–H groups in total. The van der Waals surface area contributed by atoms with E-state index in [4.69, 9.17) is 10.5 Å². The molecule has 18 heavy (non-hydrogen) atoms. The number of hydrogen-bond acceptors (Lipinski definition) is 5. The van der Waals surface area contributed by atoms with Gasteiger partial charge in [-0.1, -0.05) is 0 Å². The Morgan fingerprint density at radius 1 is 1.44 bits per heavy atom. The van der Waals surface area contributed by atoms with Crippen LogP contribution in [-0.2, 0) is 11.2 Å². The zero-order valence-corrected chi connectivity index (χ0v) is 10.9. The van der Waals surface area contributed by atoms with Gasteiger partial charge < -0.3 is 10.5 Å². The van der Waals surface area contributed by atoms with Gasteiger partial charge in [0, 0.05) is 29.4 Å². The first-order valence-corrected chi connectivity index (χ1v) is 6.40. The number of nitrogens with zero attached hydrogens (tertiary/aromatic N) is 1. The number of rotatable bonds is 4. The molecule has 5 heteroatoms. The highest BCUT2D eigenvalue weighted by Crippen LogP contribution is 2.23. The van der Waals surface area contributed by atoms with E-state index in [0.717, 1.165) is 10.4 Å². The zero-order valence-electron chi connectivity index (χ0n) is 10.1. The summed E-state index contributed by atoms with van der Waals surface area (Å²) in [4.78, 5) is 17.1. The highest BCUT2D eigenvalue weighted by atomic mass is 32.1. The van der Waals surface area contributed by atoms with E-state index < -0.39 is 0 Å². The van der Waals surface area contributed by atoms with Crippen molar-refractivity contribution in [3.63, 3.8) is 0 Å². The molecule has 0 spiro atoms. The topological polar surface area (TPSA) is 65.2 Å². The van der Waals surface area contributed by atoms with Crippen molar-refractivity contribution < 1.29 is 9.53 Å². The first-order chi connectivity index (χ1) is 8.66. The Morgan fingerprint density at radius 2 is 2.17 bits per heavy atom. The molecule has 2 rings (SSSR count). The highest BCUT2D eigenvalue weighted by molar-refractivity contribution is 7.14. The number of nitrogen functional groups attached to an aromatic ring is 1. The number of esters is 1. The van der Waals surface area contributed by atoms with E-state index in [1.807, 2.05) is 19.1 Å². The van der Waals surface area contributed by atoms with Crippen molar-refractivity contribution >= 4 is 23.0 Å². The minimum atomic E-state index is -0.311. The molecule has 0 aromatic carbocycles. The molecule has 2 heterocycles. The summed E-state index contributed by atoms with van der Waals surface area (Å²) in [7, 11) is 0. The van der Waals surface area contributed by atoms with E-state index in [0.29, 0.717) is 23.6 Å². The summed E-state index contributed by atoms with van der Waals surface area (Å²) < 4.78 is 5.20. The molecule has 0 bridgehead atoms. The Kier molecular flexibility index (Phi) is 3.94. The number of aryl methyl sites for hydroxylation is 1. The number of carbonyl (C=O) groups excluding carboxylic acids is 1. The van der Waals surface area contributed by atoms with Crippen LogP contribution in [0.15, 0.2) is 30.6 Å². The molecule has 2 aromatic rings. The van der Waals surface area contributed by atoms with Gasteiger partial charge >= 0.3 is 5.97 Å². The van der Waals surface area contributed by atoms with Gasteiger partial charge in [-0.2, -0.15) is 0 Å². The second kappa shape index (κ2) is 5.64. The number of ether oxygens (including phenoxy) is 1. The standard InChI is InChI=1S/C13H14N2O2S/c1-9-11(14)8-12(18-9)13(16)17-7-4-10-2-5-15-6-3-10/h2-3,5-6,8H,4,7,14H2,1H3. The quantitative estimate of drug-likeness (QED) is 0.859. The fourth-order valence-electron chi connectivity index (χ4n) is 1.48. The van der Waals surface area contributed by atoms with E-state index in [1.54, 1.807) is 18.5 Å². The highest BCUT2D eigenvalue weighted by Gasteiger charge is 2.11. The fraction of sp³-hybridized carbons (Fsp3) is 0.231. The predicted octanol–water partition coefficient (Wildman–Crippen LogP) is 2.43. The molecule has 0 saturated heterocycles. The average Bonchev–Trinajstić information content (AvgIpc) is 2.71. The van der Waals surface area contributed by atoms with Crippen molar-refractivity contribution in [1.82, 2.24) is 4.98 Å². The van der Waals surface area contributed by atoms with Crippen LogP contribution in [0.5, 0.6) is 0 Å². The smallest absolute Gasteiger partial charge is 0.348 e. The molecule has 0 radical (unpaired) electrons. The van der Waals surface area contributed by atoms with Gasteiger partial charge in [0.15, 0.2) is 0 Å². The van der Waals surface area contributed by atoms with Crippen LogP contribution in [-0.4, -0.2) is 17.6 Å². The summed E-state index contributed by atoms with van der Waals surface area (Å²) in [6, 6.07) is 5.47. The van der Waals surface area contributed by atoms with E-state index >= 15 is 0 Å². The van der Waals surface area contributed by atoms with E-state index in [9.17, 15) is 4.79 Å². The lowest BCUT2D eigenvalue weighted by atomic mass is 10.2. The Hall–Kier alpha value is -1.88. The first-order valence-electron chi connectivity index (χ1n) is 5.59. The van der Waals surface area contributed by atoms with Gasteiger partial charge in [0.2, 0.25) is 0 Å². The number of nitrogens with two attached hydrogens (primary N) is 1. The third-order valence-corrected chi connectivity index (χ3v) is 3.58. The third kappa shape index (κ3) is 3.07. The molecule has 0 aliphatic carbocycles. The van der Waals surface area contributed by atoms with Crippen molar-refractivity contribution in [1.29, 1.82) is 0 Å². The monoisotopic (exact) mass is 262 g/mol. The number of aromatic nitrogens is 1. The lowest BCUT2D eigenvalue weighted by Gasteiger charge is -2.02. The maximum absolute atomic E-state index is 11.7. The Bertz CT molecular complexity index is 518. The van der Waals surface area contributed by atoms with Gasteiger partial charge in [0.05, 0.1) is 6.61 Å². The average molecular weight is 262 g/mol. The summed E-state index contributed by atoms with van der Waals surface area (Å²) in [5.41, 5.74) is 7.43. The molecule has 0 amide bonds. The maximum atomic E-state index is 11.7. The van der Waals surface area contributed by atoms with Crippen LogP contribution in [0.25, 0.3) is 0 Å². The fourth-order valence-corrected chi connectivity index (χ4v) is 2.31. The SMILES string of the molecule is Cc1sc(C(=O)OCCc2ccncc2)cc1N. The van der Waals surface area contributed by atoms with Crippen LogP contribution >= 0.6 is 11.3 Å². The van der Waals surface area contributed by atoms with Crippen molar-refractivity contribution in [2.75, 3.05) is 12.3 Å². The number of carbonyl (C=O) groups is 1. The third-order valence-electron chi connectivity index (χ3n) is 2.53. The predicted molar refractivity (Wildman–Crippen MR) is 71.7 cm³/mol. The molecule has 0 saturated carbocycles. The van der Waals surface area contributed by atoms with E-state index in [2.05, 4.69) is 4.98 Å². The summed E-state index contributed by atoms with van der Waals surface area (Å²) in [5, 5.41) is 0. The zero-order chi connectivity index (χ0) is 13.0.